The SMILES string of the molecule is CCc1ccccc1N1Cc2ccccc2NC(CC(=O)O)C1=O. The number of para-hydroxylation sites is 2. The Hall–Kier alpha value is -2.82. The van der Waals surface area contributed by atoms with Crippen LogP contribution in [0, 0.1) is 0 Å². The molecule has 0 saturated heterocycles. The second-order valence-corrected chi connectivity index (χ2v) is 5.86. The van der Waals surface area contributed by atoms with E-state index >= 15 is 0 Å². The molecule has 0 radical (unpaired) electrons. The average Bonchev–Trinajstić information content (AvgIpc) is 2.72. The first kappa shape index (κ1) is 16.1. The molecule has 1 unspecified atom stereocenters. The molecule has 1 heterocycles. The largest absolute Gasteiger partial charge is 0.481 e. The molecule has 1 aliphatic rings. The van der Waals surface area contributed by atoms with Gasteiger partial charge in [-0.3, -0.25) is 9.59 Å². The summed E-state index contributed by atoms with van der Waals surface area (Å²) >= 11 is 0. The van der Waals surface area contributed by atoms with E-state index in [9.17, 15) is 14.7 Å². The molecule has 0 aliphatic carbocycles. The number of aliphatic carboxylic acids is 1. The number of rotatable bonds is 4. The zero-order chi connectivity index (χ0) is 17.1. The maximum atomic E-state index is 13.0. The molecule has 2 N–H and O–H groups in total. The van der Waals surface area contributed by atoms with E-state index in [-0.39, 0.29) is 12.3 Å². The summed E-state index contributed by atoms with van der Waals surface area (Å²) in [5.41, 5.74) is 3.71. The summed E-state index contributed by atoms with van der Waals surface area (Å²) in [6.07, 6.45) is 0.552. The van der Waals surface area contributed by atoms with Gasteiger partial charge in [0.1, 0.15) is 6.04 Å². The molecule has 5 nitrogen and oxygen atoms in total. The van der Waals surface area contributed by atoms with Crippen LogP contribution in [0.25, 0.3) is 0 Å². The van der Waals surface area contributed by atoms with Crippen molar-refractivity contribution in [3.8, 4) is 0 Å². The molecule has 1 aliphatic heterocycles. The molecule has 24 heavy (non-hydrogen) atoms. The number of anilines is 2. The van der Waals surface area contributed by atoms with Gasteiger partial charge in [-0.15, -0.1) is 0 Å². The standard InChI is InChI=1S/C19H20N2O3/c1-2-13-7-4-6-10-17(13)21-12-14-8-3-5-9-15(14)20-16(19(21)24)11-18(22)23/h3-10,16,20H,2,11-12H2,1H3,(H,22,23). The van der Waals surface area contributed by atoms with Gasteiger partial charge in [0.2, 0.25) is 5.91 Å². The Bertz CT molecular complexity index is 773. The first-order valence-corrected chi connectivity index (χ1v) is 8.05. The van der Waals surface area contributed by atoms with Gasteiger partial charge in [0.25, 0.3) is 0 Å². The maximum Gasteiger partial charge on any atom is 0.305 e. The van der Waals surface area contributed by atoms with Crippen molar-refractivity contribution in [1.29, 1.82) is 0 Å². The van der Waals surface area contributed by atoms with Crippen LogP contribution in [-0.4, -0.2) is 23.0 Å². The number of amides is 1. The van der Waals surface area contributed by atoms with Crippen LogP contribution in [0.4, 0.5) is 11.4 Å². The highest BCUT2D eigenvalue weighted by molar-refractivity contribution is 6.02. The first-order chi connectivity index (χ1) is 11.6. The number of hydrogen-bond acceptors (Lipinski definition) is 3. The summed E-state index contributed by atoms with van der Waals surface area (Å²) in [6.45, 7) is 2.47. The van der Waals surface area contributed by atoms with E-state index in [0.717, 1.165) is 28.9 Å². The van der Waals surface area contributed by atoms with Crippen LogP contribution in [0.1, 0.15) is 24.5 Å². The number of carboxylic acids is 1. The summed E-state index contributed by atoms with van der Waals surface area (Å²) in [5.74, 6) is -1.21. The van der Waals surface area contributed by atoms with Gasteiger partial charge in [-0.1, -0.05) is 43.3 Å². The van der Waals surface area contributed by atoms with Crippen molar-refractivity contribution in [3.05, 3.63) is 59.7 Å². The maximum absolute atomic E-state index is 13.0. The third-order valence-corrected chi connectivity index (χ3v) is 4.28. The Morgan fingerprint density at radius 1 is 1.21 bits per heavy atom. The summed E-state index contributed by atoms with van der Waals surface area (Å²) in [4.78, 5) is 25.9. The third-order valence-electron chi connectivity index (χ3n) is 4.28. The number of nitrogens with one attached hydrogen (secondary N) is 1. The summed E-state index contributed by atoms with van der Waals surface area (Å²) in [6, 6.07) is 14.6. The minimum absolute atomic E-state index is 0.213. The fraction of sp³-hybridized carbons (Fsp3) is 0.263. The lowest BCUT2D eigenvalue weighted by Crippen LogP contribution is -2.42. The van der Waals surface area contributed by atoms with Crippen molar-refractivity contribution in [1.82, 2.24) is 0 Å². The van der Waals surface area contributed by atoms with Crippen LogP contribution >= 0.6 is 0 Å². The van der Waals surface area contributed by atoms with Crippen molar-refractivity contribution >= 4 is 23.3 Å². The summed E-state index contributed by atoms with van der Waals surface area (Å²) in [5, 5.41) is 12.3. The van der Waals surface area contributed by atoms with Crippen molar-refractivity contribution in [3.63, 3.8) is 0 Å². The van der Waals surface area contributed by atoms with Gasteiger partial charge >= 0.3 is 5.97 Å². The number of carbonyl (C=O) groups is 2. The number of fused-ring (bicyclic) bond motifs is 1. The van der Waals surface area contributed by atoms with Crippen LogP contribution in [0.2, 0.25) is 0 Å². The van der Waals surface area contributed by atoms with Crippen molar-refractivity contribution in [2.75, 3.05) is 10.2 Å². The fourth-order valence-corrected chi connectivity index (χ4v) is 3.07. The van der Waals surface area contributed by atoms with E-state index in [0.29, 0.717) is 6.54 Å². The number of carbonyl (C=O) groups excluding carboxylic acids is 1. The van der Waals surface area contributed by atoms with E-state index in [1.807, 2.05) is 55.5 Å². The molecule has 0 bridgehead atoms. The molecule has 2 aromatic carbocycles. The number of hydrogen-bond donors (Lipinski definition) is 2. The van der Waals surface area contributed by atoms with Crippen LogP contribution in [0.3, 0.4) is 0 Å². The monoisotopic (exact) mass is 324 g/mol. The highest BCUT2D eigenvalue weighted by Crippen LogP contribution is 2.30. The van der Waals surface area contributed by atoms with Gasteiger partial charge in [0, 0.05) is 11.4 Å². The molecule has 0 saturated carbocycles. The lowest BCUT2D eigenvalue weighted by Gasteiger charge is -2.26. The summed E-state index contributed by atoms with van der Waals surface area (Å²) in [7, 11) is 0. The second-order valence-electron chi connectivity index (χ2n) is 5.86. The van der Waals surface area contributed by atoms with E-state index in [2.05, 4.69) is 5.32 Å². The highest BCUT2D eigenvalue weighted by atomic mass is 16.4. The molecule has 5 heteroatoms. The van der Waals surface area contributed by atoms with Gasteiger partial charge < -0.3 is 15.3 Å². The van der Waals surface area contributed by atoms with Crippen LogP contribution in [-0.2, 0) is 22.6 Å². The van der Waals surface area contributed by atoms with Gasteiger partial charge in [0.05, 0.1) is 13.0 Å². The quantitative estimate of drug-likeness (QED) is 0.907. The lowest BCUT2D eigenvalue weighted by atomic mass is 10.1. The summed E-state index contributed by atoms with van der Waals surface area (Å²) < 4.78 is 0. The number of benzene rings is 2. The molecule has 1 atom stereocenters. The zero-order valence-corrected chi connectivity index (χ0v) is 13.5. The van der Waals surface area contributed by atoms with Crippen LogP contribution in [0.15, 0.2) is 48.5 Å². The second kappa shape index (κ2) is 6.74. The van der Waals surface area contributed by atoms with Crippen molar-refractivity contribution in [2.24, 2.45) is 0 Å². The van der Waals surface area contributed by atoms with Crippen molar-refractivity contribution < 1.29 is 14.7 Å². The molecule has 0 aromatic heterocycles. The van der Waals surface area contributed by atoms with Crippen LogP contribution in [0.5, 0.6) is 0 Å². The smallest absolute Gasteiger partial charge is 0.305 e. The van der Waals surface area contributed by atoms with Crippen molar-refractivity contribution in [2.45, 2.75) is 32.4 Å². The Morgan fingerprint density at radius 3 is 2.67 bits per heavy atom. The number of aryl methyl sites for hydroxylation is 1. The van der Waals surface area contributed by atoms with E-state index in [1.165, 1.54) is 0 Å². The minimum atomic E-state index is -0.996. The zero-order valence-electron chi connectivity index (χ0n) is 13.5. The number of nitrogens with zero attached hydrogens (tertiary/aromatic N) is 1. The molecule has 1 amide bonds. The lowest BCUT2D eigenvalue weighted by molar-refractivity contribution is -0.138. The Kier molecular flexibility index (Phi) is 4.51. The predicted molar refractivity (Wildman–Crippen MR) is 93.1 cm³/mol. The third kappa shape index (κ3) is 3.11. The molecule has 0 fully saturated rings. The van der Waals surface area contributed by atoms with Gasteiger partial charge in [-0.2, -0.15) is 0 Å². The Morgan fingerprint density at radius 2 is 1.92 bits per heavy atom. The normalized spacial score (nSPS) is 17.0. The fourth-order valence-electron chi connectivity index (χ4n) is 3.07. The molecule has 124 valence electrons. The molecule has 3 rings (SSSR count). The Labute approximate surface area is 140 Å². The topological polar surface area (TPSA) is 69.6 Å². The highest BCUT2D eigenvalue weighted by Gasteiger charge is 2.32. The molecular formula is C19H20N2O3. The van der Waals surface area contributed by atoms with Crippen LogP contribution < -0.4 is 10.2 Å². The van der Waals surface area contributed by atoms with E-state index in [1.54, 1.807) is 4.90 Å². The average molecular weight is 324 g/mol. The molecule has 2 aromatic rings. The molecule has 0 spiro atoms. The van der Waals surface area contributed by atoms with Gasteiger partial charge in [-0.25, -0.2) is 0 Å². The minimum Gasteiger partial charge on any atom is -0.481 e. The van der Waals surface area contributed by atoms with Gasteiger partial charge in [0.15, 0.2) is 0 Å². The predicted octanol–water partition coefficient (Wildman–Crippen LogP) is 3.05. The Balaban J connectivity index is 2.07. The van der Waals surface area contributed by atoms with E-state index in [4.69, 9.17) is 0 Å². The number of carboxylic acid groups (broad SMARTS) is 1. The molecular weight excluding hydrogens is 304 g/mol. The van der Waals surface area contributed by atoms with E-state index < -0.39 is 12.0 Å². The van der Waals surface area contributed by atoms with Gasteiger partial charge in [-0.05, 0) is 29.7 Å². The first-order valence-electron chi connectivity index (χ1n) is 8.05.